The van der Waals surface area contributed by atoms with Crippen LogP contribution in [0.5, 0.6) is 57.5 Å². The van der Waals surface area contributed by atoms with Gasteiger partial charge in [0.15, 0.2) is 0 Å². The van der Waals surface area contributed by atoms with E-state index in [-0.39, 0.29) is 82.1 Å². The van der Waals surface area contributed by atoms with Crippen molar-refractivity contribution < 1.29 is 137 Å². The van der Waals surface area contributed by atoms with Gasteiger partial charge in [0.1, 0.15) is 92.9 Å². The fourth-order valence-corrected chi connectivity index (χ4v) is 9.98. The smallest absolute Gasteiger partial charge is 0.691 e. The molecule has 0 amide bonds. The number of fused-ring (bicyclic) bond motifs is 2. The second-order valence-electron chi connectivity index (χ2n) is 19.3. The molecule has 23 heteroatoms. The zero-order valence-electron chi connectivity index (χ0n) is 50.8. The first-order chi connectivity index (χ1) is 44.7. The number of hydrogen-bond donors (Lipinski definition) is 4. The molecule has 0 bridgehead atoms. The number of nitriles is 3. The van der Waals surface area contributed by atoms with E-state index in [1.165, 1.54) is 30.3 Å². The molecule has 0 heterocycles. The third kappa shape index (κ3) is 20.8. The second kappa shape index (κ2) is 37.7. The van der Waals surface area contributed by atoms with Gasteiger partial charge in [-0.3, -0.25) is 10.1 Å². The van der Waals surface area contributed by atoms with E-state index in [1.54, 1.807) is 54.6 Å². The summed E-state index contributed by atoms with van der Waals surface area (Å²) in [5.74, 6) is 2.43. The van der Waals surface area contributed by atoms with E-state index in [0.29, 0.717) is 92.5 Å². The van der Waals surface area contributed by atoms with Gasteiger partial charge < -0.3 is 49.9 Å². The molecule has 4 N–H and O–H groups in total. The van der Waals surface area contributed by atoms with Crippen molar-refractivity contribution in [1.82, 2.24) is 0 Å². The molecule has 17 nitrogen and oxygen atoms in total. The van der Waals surface area contributed by atoms with Crippen molar-refractivity contribution in [2.45, 2.75) is 36.5 Å². The molecule has 11 aromatic rings. The molecule has 0 aromatic heterocycles. The number of hydrogen-bond acceptors (Lipinski definition) is 19. The normalized spacial score (nSPS) is 10.2. The summed E-state index contributed by atoms with van der Waals surface area (Å²) in [5.41, 5.74) is 6.30. The van der Waals surface area contributed by atoms with Gasteiger partial charge in [0, 0.05) is 27.0 Å². The number of halogens is 2. The molecule has 0 fully saturated rings. The van der Waals surface area contributed by atoms with Crippen LogP contribution >= 0.6 is 24.1 Å². The minimum Gasteiger partial charge on any atom is -0.691 e. The number of aromatic hydroxyl groups is 4. The maximum atomic E-state index is 12.4. The van der Waals surface area contributed by atoms with Gasteiger partial charge in [0.05, 0.1) is 48.4 Å². The molecule has 0 atom stereocenters. The van der Waals surface area contributed by atoms with Crippen molar-refractivity contribution in [3.05, 3.63) is 252 Å². The predicted molar refractivity (Wildman–Crippen MR) is 338 cm³/mol. The Hall–Kier alpha value is -8.87. The van der Waals surface area contributed by atoms with Gasteiger partial charge in [-0.05, 0) is 179 Å². The Morgan fingerprint density at radius 3 is 1.39 bits per heavy atom. The van der Waals surface area contributed by atoms with Crippen molar-refractivity contribution in [3.63, 3.8) is 0 Å². The molecular weight excluding hydrogens is 1270 g/mol. The number of phenols is 4. The van der Waals surface area contributed by atoms with Gasteiger partial charge >= 0.3 is 59.1 Å². The third-order valence-electron chi connectivity index (χ3n) is 13.5. The van der Waals surface area contributed by atoms with Gasteiger partial charge in [-0.15, -0.1) is 0 Å². The number of ether oxygens (including phenoxy) is 4. The van der Waals surface area contributed by atoms with Gasteiger partial charge in [0.25, 0.3) is 0 Å². The molecular formula is C71H53F2N3Na2O14S2. The summed E-state index contributed by atoms with van der Waals surface area (Å²) in [4.78, 5) is 1.16. The van der Waals surface area contributed by atoms with Crippen LogP contribution in [0.3, 0.4) is 0 Å². The minimum absolute atomic E-state index is 0. The summed E-state index contributed by atoms with van der Waals surface area (Å²) in [6, 6.07) is 66.7. The van der Waals surface area contributed by atoms with Crippen LogP contribution in [0.25, 0.3) is 43.8 Å². The number of rotatable bonds is 19. The van der Waals surface area contributed by atoms with Crippen LogP contribution in [0.2, 0.25) is 0 Å². The van der Waals surface area contributed by atoms with E-state index in [2.05, 4.69) is 30.9 Å². The third-order valence-corrected chi connectivity index (χ3v) is 14.6. The second-order valence-corrected chi connectivity index (χ2v) is 20.9. The van der Waals surface area contributed by atoms with E-state index < -0.39 is 17.2 Å². The van der Waals surface area contributed by atoms with Crippen LogP contribution in [0, 0.1) is 45.6 Å². The molecule has 0 saturated carbocycles. The zero-order chi connectivity index (χ0) is 65.4. The fraction of sp³-hybridized carbons (Fsp3) is 0.0845. The summed E-state index contributed by atoms with van der Waals surface area (Å²) >= 11 is 1.49. The van der Waals surface area contributed by atoms with Gasteiger partial charge in [0.2, 0.25) is 0 Å². The predicted octanol–water partition coefficient (Wildman–Crippen LogP) is 9.74. The standard InChI is InChI=1S/C42H34N2O7S.C12H10O2.C10H8O5S.C7H3F2N.2Na/c1-3-28-7-5-9-40(38(28)26-43)48-34-18-13-30(14-19-34)29-11-16-33(17-12-29)47-22-21-31-8-6-10-41(39(31)27-44)49-35-20-15-32-23-36(52-51-50-45)25-42(46-4-2)37(32)24-35;13-11-5-1-9(2-6-11)10-3-7-12(14)8-4-10;11-7-2-1-6-3-8(16-15-14-13)5-10(12)9(6)4-7;8-6-2-1-3-7(9)5(6)4-10;;/h5-20,23-25,45H,3-4,21-22H2,1-2H3;1-8,13-14H;1-5,11-13H;1-3H;;/q;;;;2*+1/p-2. The van der Waals surface area contributed by atoms with Crippen LogP contribution in [0.4, 0.5) is 8.78 Å². The first kappa shape index (κ1) is 74.2. The summed E-state index contributed by atoms with van der Waals surface area (Å²) in [6.45, 7) is 4.70. The molecule has 0 aliphatic heterocycles. The molecule has 464 valence electrons. The molecule has 0 aliphatic carbocycles. The van der Waals surface area contributed by atoms with Crippen LogP contribution in [-0.2, 0) is 31.6 Å². The maximum absolute atomic E-state index is 12.4. The first-order valence-electron chi connectivity index (χ1n) is 27.8. The zero-order valence-corrected chi connectivity index (χ0v) is 56.5. The van der Waals surface area contributed by atoms with Gasteiger partial charge in [-0.25, -0.2) is 8.78 Å². The van der Waals surface area contributed by atoms with Crippen molar-refractivity contribution in [3.8, 4) is 98.0 Å². The summed E-state index contributed by atoms with van der Waals surface area (Å²) in [7, 11) is 0. The van der Waals surface area contributed by atoms with E-state index in [9.17, 15) is 40.0 Å². The Balaban J connectivity index is 0.000000266. The monoisotopic (exact) mass is 1320 g/mol. The topological polar surface area (TPSA) is 272 Å². The first-order valence-corrected chi connectivity index (χ1v) is 29.3. The summed E-state index contributed by atoms with van der Waals surface area (Å²) < 4.78 is 57.5. The summed E-state index contributed by atoms with van der Waals surface area (Å²) in [5, 5.41) is 94.6. The SMILES string of the molecule is CCOc1cc(SOO[O-])cc2ccc(Oc3cccc(CCOc4ccc(-c5ccc(Oc6cccc(CC)c6C#N)cc5)cc4)c3C#N)cc12.N#Cc1c(F)cccc1F.Oc1ccc(-c2ccc(O)cc2)cc1.[Na+].[Na+].[O-]OOSc1cc(O)c2cc(O)ccc2c1. The largest absolute Gasteiger partial charge is 1.00 e. The fourth-order valence-electron chi connectivity index (χ4n) is 9.10. The van der Waals surface area contributed by atoms with Crippen molar-refractivity contribution in [2.24, 2.45) is 0 Å². The Labute approximate surface area is 592 Å². The van der Waals surface area contributed by atoms with Crippen molar-refractivity contribution in [2.75, 3.05) is 13.2 Å². The summed E-state index contributed by atoms with van der Waals surface area (Å²) in [6.07, 6.45) is 1.26. The quantitative estimate of drug-likeness (QED) is 0.0254. The van der Waals surface area contributed by atoms with Crippen LogP contribution in [0.1, 0.15) is 41.7 Å². The number of benzene rings is 11. The number of aryl methyl sites for hydroxylation is 1. The molecule has 0 unspecified atom stereocenters. The van der Waals surface area contributed by atoms with Crippen LogP contribution < -0.4 is 88.6 Å². The van der Waals surface area contributed by atoms with Crippen LogP contribution in [-0.4, -0.2) is 33.6 Å². The van der Waals surface area contributed by atoms with E-state index >= 15 is 0 Å². The van der Waals surface area contributed by atoms with Crippen LogP contribution in [0.15, 0.2) is 222 Å². The van der Waals surface area contributed by atoms with Gasteiger partial charge in [-0.2, -0.15) is 24.5 Å². The maximum Gasteiger partial charge on any atom is 1.00 e. The number of phenolic OH excluding ortho intramolecular Hbond substituents is 4. The van der Waals surface area contributed by atoms with Crippen molar-refractivity contribution >= 4 is 45.6 Å². The molecule has 0 spiro atoms. The number of nitrogens with zero attached hydrogens (tertiary/aromatic N) is 3. The Kier molecular flexibility index (Phi) is 29.8. The molecule has 0 aliphatic rings. The molecule has 0 radical (unpaired) electrons. The average Bonchev–Trinajstić information content (AvgIpc) is 0.823. The molecule has 11 aromatic carbocycles. The molecule has 0 saturated heterocycles. The van der Waals surface area contributed by atoms with E-state index in [1.807, 2.05) is 135 Å². The molecule has 11 rings (SSSR count). The van der Waals surface area contributed by atoms with Crippen molar-refractivity contribution in [1.29, 1.82) is 15.8 Å². The van der Waals surface area contributed by atoms with Gasteiger partial charge in [-0.1, -0.05) is 97.9 Å². The van der Waals surface area contributed by atoms with E-state index in [4.69, 9.17) is 34.4 Å². The minimum atomic E-state index is -0.817. The Bertz CT molecular complexity index is 4360. The molecule has 94 heavy (non-hydrogen) atoms. The average molecular weight is 1320 g/mol. The Morgan fingerprint density at radius 1 is 0.436 bits per heavy atom. The van der Waals surface area contributed by atoms with E-state index in [0.717, 1.165) is 80.1 Å². The Morgan fingerprint density at radius 2 is 0.883 bits per heavy atom.